The summed E-state index contributed by atoms with van der Waals surface area (Å²) in [6.07, 6.45) is 1.74. The molecule has 0 radical (unpaired) electrons. The van der Waals surface area contributed by atoms with E-state index < -0.39 is 0 Å². The fourth-order valence-electron chi connectivity index (χ4n) is 2.51. The Kier molecular flexibility index (Phi) is 4.39. The third-order valence-corrected chi connectivity index (χ3v) is 4.76. The first-order valence-electron chi connectivity index (χ1n) is 7.63. The minimum atomic E-state index is -0.0270. The standard InChI is InChI=1S/C18H19N3OS/c1-12(2)15-8-6-9-16-17(15)20-18(23-16)21(13(3)22)11-14-7-4-5-10-19-14/h4-10,12H,11H2,1-3H3. The van der Waals surface area contributed by atoms with Crippen LogP contribution >= 0.6 is 11.3 Å². The number of anilines is 1. The summed E-state index contributed by atoms with van der Waals surface area (Å²) >= 11 is 1.55. The van der Waals surface area contributed by atoms with E-state index in [2.05, 4.69) is 37.0 Å². The fraction of sp³-hybridized carbons (Fsp3) is 0.278. The molecule has 1 aromatic carbocycles. The van der Waals surface area contributed by atoms with Crippen LogP contribution in [0.3, 0.4) is 0 Å². The largest absolute Gasteiger partial charge is 0.282 e. The van der Waals surface area contributed by atoms with Crippen LogP contribution in [0, 0.1) is 0 Å². The molecule has 3 rings (SSSR count). The van der Waals surface area contributed by atoms with Crippen LogP contribution in [0.2, 0.25) is 0 Å². The topological polar surface area (TPSA) is 46.1 Å². The van der Waals surface area contributed by atoms with E-state index >= 15 is 0 Å². The number of hydrogen-bond donors (Lipinski definition) is 0. The van der Waals surface area contributed by atoms with E-state index in [1.807, 2.05) is 18.2 Å². The van der Waals surface area contributed by atoms with Gasteiger partial charge in [-0.2, -0.15) is 0 Å². The zero-order chi connectivity index (χ0) is 16.4. The molecule has 0 saturated carbocycles. The van der Waals surface area contributed by atoms with E-state index in [-0.39, 0.29) is 5.91 Å². The second-order valence-corrected chi connectivity index (χ2v) is 6.78. The van der Waals surface area contributed by atoms with Crippen LogP contribution in [0.5, 0.6) is 0 Å². The molecule has 2 aromatic heterocycles. The number of hydrogen-bond acceptors (Lipinski definition) is 4. The second-order valence-electron chi connectivity index (χ2n) is 5.77. The van der Waals surface area contributed by atoms with Gasteiger partial charge in [0.25, 0.3) is 0 Å². The van der Waals surface area contributed by atoms with Crippen LogP contribution in [0.25, 0.3) is 10.2 Å². The van der Waals surface area contributed by atoms with Crippen LogP contribution in [-0.2, 0) is 11.3 Å². The Hall–Kier alpha value is -2.27. The van der Waals surface area contributed by atoms with Crippen LogP contribution in [0.4, 0.5) is 5.13 Å². The average molecular weight is 325 g/mol. The molecule has 0 bridgehead atoms. The van der Waals surface area contributed by atoms with Gasteiger partial charge in [0.15, 0.2) is 5.13 Å². The van der Waals surface area contributed by atoms with Crippen LogP contribution in [-0.4, -0.2) is 15.9 Å². The maximum absolute atomic E-state index is 12.1. The van der Waals surface area contributed by atoms with E-state index in [0.29, 0.717) is 12.5 Å². The Labute approximate surface area is 139 Å². The summed E-state index contributed by atoms with van der Waals surface area (Å²) in [5.74, 6) is 0.371. The van der Waals surface area contributed by atoms with Crippen molar-refractivity contribution in [3.63, 3.8) is 0 Å². The minimum Gasteiger partial charge on any atom is -0.282 e. The molecule has 0 saturated heterocycles. The predicted molar refractivity (Wildman–Crippen MR) is 94.8 cm³/mol. The number of aromatic nitrogens is 2. The van der Waals surface area contributed by atoms with Gasteiger partial charge in [-0.1, -0.05) is 43.4 Å². The van der Waals surface area contributed by atoms with Crippen LogP contribution < -0.4 is 4.90 Å². The van der Waals surface area contributed by atoms with Crippen molar-refractivity contribution in [2.75, 3.05) is 4.90 Å². The highest BCUT2D eigenvalue weighted by atomic mass is 32.1. The molecule has 118 valence electrons. The number of para-hydroxylation sites is 1. The summed E-state index contributed by atoms with van der Waals surface area (Å²) < 4.78 is 1.11. The molecular formula is C18H19N3OS. The molecule has 4 nitrogen and oxygen atoms in total. The Morgan fingerprint density at radius 1 is 1.22 bits per heavy atom. The van der Waals surface area contributed by atoms with Gasteiger partial charge in [-0.25, -0.2) is 4.98 Å². The van der Waals surface area contributed by atoms with Crippen molar-refractivity contribution in [3.8, 4) is 0 Å². The summed E-state index contributed by atoms with van der Waals surface area (Å²) in [6.45, 7) is 6.32. The number of carbonyl (C=O) groups is 1. The van der Waals surface area contributed by atoms with E-state index in [0.717, 1.165) is 21.0 Å². The molecule has 0 aliphatic heterocycles. The lowest BCUT2D eigenvalue weighted by Gasteiger charge is -2.17. The monoisotopic (exact) mass is 325 g/mol. The smallest absolute Gasteiger partial charge is 0.226 e. The van der Waals surface area contributed by atoms with Gasteiger partial charge in [-0.05, 0) is 29.7 Å². The van der Waals surface area contributed by atoms with Crippen LogP contribution in [0.15, 0.2) is 42.6 Å². The average Bonchev–Trinajstić information content (AvgIpc) is 2.96. The molecule has 2 heterocycles. The number of pyridine rings is 1. The van der Waals surface area contributed by atoms with Gasteiger partial charge >= 0.3 is 0 Å². The normalized spacial score (nSPS) is 11.1. The summed E-state index contributed by atoms with van der Waals surface area (Å²) in [6, 6.07) is 11.9. The van der Waals surface area contributed by atoms with Crippen molar-refractivity contribution in [1.29, 1.82) is 0 Å². The maximum Gasteiger partial charge on any atom is 0.226 e. The Bertz CT molecular complexity index is 827. The molecule has 1 amide bonds. The molecule has 0 atom stereocenters. The van der Waals surface area contributed by atoms with Gasteiger partial charge in [0, 0.05) is 13.1 Å². The van der Waals surface area contributed by atoms with E-state index in [1.165, 1.54) is 5.56 Å². The lowest BCUT2D eigenvalue weighted by molar-refractivity contribution is -0.116. The maximum atomic E-state index is 12.1. The molecular weight excluding hydrogens is 306 g/mol. The second kappa shape index (κ2) is 6.46. The van der Waals surface area contributed by atoms with Gasteiger partial charge in [-0.3, -0.25) is 14.7 Å². The highest BCUT2D eigenvalue weighted by Gasteiger charge is 2.19. The Morgan fingerprint density at radius 3 is 2.70 bits per heavy atom. The number of amides is 1. The minimum absolute atomic E-state index is 0.0270. The molecule has 5 heteroatoms. The number of nitrogens with zero attached hydrogens (tertiary/aromatic N) is 3. The van der Waals surface area contributed by atoms with Gasteiger partial charge in [0.05, 0.1) is 22.5 Å². The first-order chi connectivity index (χ1) is 11.1. The first-order valence-corrected chi connectivity index (χ1v) is 8.45. The zero-order valence-electron chi connectivity index (χ0n) is 13.5. The third-order valence-electron chi connectivity index (χ3n) is 3.72. The van der Waals surface area contributed by atoms with Crippen LogP contribution in [0.1, 0.15) is 37.9 Å². The molecule has 23 heavy (non-hydrogen) atoms. The Balaban J connectivity index is 2.02. The SMILES string of the molecule is CC(=O)N(Cc1ccccn1)c1nc2c(C(C)C)cccc2s1. The molecule has 0 aliphatic carbocycles. The van der Waals surface area contributed by atoms with Gasteiger partial charge < -0.3 is 0 Å². The number of rotatable bonds is 4. The molecule has 0 fully saturated rings. The molecule has 0 N–H and O–H groups in total. The molecule has 0 unspecified atom stereocenters. The summed E-state index contributed by atoms with van der Waals surface area (Å²) in [5.41, 5.74) is 3.06. The number of thiazole rings is 1. The predicted octanol–water partition coefficient (Wildman–Crippen LogP) is 4.37. The van der Waals surface area contributed by atoms with Gasteiger partial charge in [-0.15, -0.1) is 0 Å². The molecule has 0 aliphatic rings. The lowest BCUT2D eigenvalue weighted by atomic mass is 10.0. The van der Waals surface area contributed by atoms with E-state index in [9.17, 15) is 4.79 Å². The van der Waals surface area contributed by atoms with Crippen molar-refractivity contribution in [2.45, 2.75) is 33.2 Å². The molecule has 0 spiro atoms. The fourth-order valence-corrected chi connectivity index (χ4v) is 3.55. The summed E-state index contributed by atoms with van der Waals surface area (Å²) in [4.78, 5) is 22.9. The van der Waals surface area contributed by atoms with Crippen molar-refractivity contribution in [1.82, 2.24) is 9.97 Å². The van der Waals surface area contributed by atoms with Gasteiger partial charge in [0.2, 0.25) is 5.91 Å². The number of fused-ring (bicyclic) bond motifs is 1. The lowest BCUT2D eigenvalue weighted by Crippen LogP contribution is -2.28. The quantitative estimate of drug-likeness (QED) is 0.715. The number of carbonyl (C=O) groups excluding carboxylic acids is 1. The molecule has 3 aromatic rings. The van der Waals surface area contributed by atoms with E-state index in [1.54, 1.807) is 29.4 Å². The Morgan fingerprint density at radius 2 is 2.04 bits per heavy atom. The highest BCUT2D eigenvalue weighted by Crippen LogP contribution is 2.34. The van der Waals surface area contributed by atoms with Gasteiger partial charge in [0.1, 0.15) is 0 Å². The summed E-state index contributed by atoms with van der Waals surface area (Å²) in [7, 11) is 0. The van der Waals surface area contributed by atoms with Crippen molar-refractivity contribution in [3.05, 3.63) is 53.9 Å². The van der Waals surface area contributed by atoms with Crippen molar-refractivity contribution < 1.29 is 4.79 Å². The summed E-state index contributed by atoms with van der Waals surface area (Å²) in [5, 5.41) is 0.728. The third kappa shape index (κ3) is 3.24. The van der Waals surface area contributed by atoms with Crippen molar-refractivity contribution in [2.24, 2.45) is 0 Å². The number of benzene rings is 1. The zero-order valence-corrected chi connectivity index (χ0v) is 14.3. The first kappa shape index (κ1) is 15.6. The highest BCUT2D eigenvalue weighted by molar-refractivity contribution is 7.22. The van der Waals surface area contributed by atoms with Crippen molar-refractivity contribution >= 4 is 32.6 Å². The van der Waals surface area contributed by atoms with E-state index in [4.69, 9.17) is 4.98 Å².